The molecule has 0 fully saturated rings. The van der Waals surface area contributed by atoms with Crippen LogP contribution in [0.5, 0.6) is 0 Å². The number of rotatable bonds is 9. The van der Waals surface area contributed by atoms with Crippen LogP contribution < -0.4 is 0 Å². The van der Waals surface area contributed by atoms with Crippen molar-refractivity contribution in [2.45, 2.75) is 58.3 Å². The Morgan fingerprint density at radius 1 is 1.20 bits per heavy atom. The Balaban J connectivity index is 3.30. The monoisotopic (exact) mass is 227 g/mol. The molecule has 0 aromatic carbocycles. The van der Waals surface area contributed by atoms with E-state index in [4.69, 9.17) is 5.26 Å². The van der Waals surface area contributed by atoms with Crippen LogP contribution in [0, 0.1) is 17.2 Å². The molecule has 0 amide bonds. The van der Waals surface area contributed by atoms with Crippen molar-refractivity contribution in [2.24, 2.45) is 5.92 Å². The van der Waals surface area contributed by atoms with E-state index in [1.807, 2.05) is 6.07 Å². The van der Waals surface area contributed by atoms with Crippen LogP contribution in [0.25, 0.3) is 0 Å². The molecule has 0 radical (unpaired) electrons. The maximum absolute atomic E-state index is 10.8. The molecule has 0 aliphatic carbocycles. The van der Waals surface area contributed by atoms with Crippen molar-refractivity contribution >= 4 is 17.7 Å². The summed E-state index contributed by atoms with van der Waals surface area (Å²) in [5.74, 6) is -0.496. The summed E-state index contributed by atoms with van der Waals surface area (Å²) in [6, 6.07) is 1.99. The van der Waals surface area contributed by atoms with E-state index in [0.29, 0.717) is 6.42 Å². The van der Waals surface area contributed by atoms with Gasteiger partial charge < -0.3 is 0 Å². The molecular formula is C12H21NOS. The van der Waals surface area contributed by atoms with E-state index >= 15 is 0 Å². The van der Waals surface area contributed by atoms with E-state index in [2.05, 4.69) is 19.6 Å². The smallest absolute Gasteiger partial charge is 0.203 e. The summed E-state index contributed by atoms with van der Waals surface area (Å²) >= 11 is 3.68. The van der Waals surface area contributed by atoms with Crippen LogP contribution in [0.2, 0.25) is 0 Å². The normalized spacial score (nSPS) is 12.1. The van der Waals surface area contributed by atoms with Gasteiger partial charge in [0.25, 0.3) is 0 Å². The highest BCUT2D eigenvalue weighted by Crippen LogP contribution is 2.14. The molecule has 0 rings (SSSR count). The van der Waals surface area contributed by atoms with Crippen LogP contribution >= 0.6 is 12.6 Å². The lowest BCUT2D eigenvalue weighted by Crippen LogP contribution is -2.05. The fraction of sp³-hybridized carbons (Fsp3) is 0.833. The van der Waals surface area contributed by atoms with Crippen LogP contribution in [0.15, 0.2) is 0 Å². The van der Waals surface area contributed by atoms with Gasteiger partial charge in [-0.05, 0) is 6.42 Å². The van der Waals surface area contributed by atoms with Crippen molar-refractivity contribution in [1.29, 1.82) is 5.26 Å². The second kappa shape index (κ2) is 10.0. The van der Waals surface area contributed by atoms with Gasteiger partial charge in [-0.1, -0.05) is 51.9 Å². The number of hydrogen-bond donors (Lipinski definition) is 1. The summed E-state index contributed by atoms with van der Waals surface area (Å²) in [5, 5.41) is 8.36. The molecule has 0 N–H and O–H groups in total. The zero-order valence-electron chi connectivity index (χ0n) is 9.54. The van der Waals surface area contributed by atoms with Crippen LogP contribution in [0.4, 0.5) is 0 Å². The Kier molecular flexibility index (Phi) is 9.71. The molecule has 15 heavy (non-hydrogen) atoms. The number of nitrogens with zero attached hydrogens (tertiary/aromatic N) is 1. The standard InChI is InChI=1S/C12H21NOS/c1-2-3-4-5-6-7-8-9-11(10-13)12(14)15/h11H,2-9H2,1H3,(H,14,15). The van der Waals surface area contributed by atoms with Gasteiger partial charge in [0.15, 0.2) is 0 Å². The summed E-state index contributed by atoms with van der Waals surface area (Å²) in [5.41, 5.74) is 0. The van der Waals surface area contributed by atoms with Crippen LogP contribution in [-0.2, 0) is 4.79 Å². The summed E-state index contributed by atoms with van der Waals surface area (Å²) < 4.78 is 0. The van der Waals surface area contributed by atoms with Crippen molar-refractivity contribution in [3.63, 3.8) is 0 Å². The number of thiol groups is 1. The fourth-order valence-electron chi connectivity index (χ4n) is 1.55. The van der Waals surface area contributed by atoms with Gasteiger partial charge in [-0.15, -0.1) is 12.6 Å². The zero-order chi connectivity index (χ0) is 11.5. The van der Waals surface area contributed by atoms with E-state index in [1.165, 1.54) is 32.1 Å². The van der Waals surface area contributed by atoms with Gasteiger partial charge in [-0.3, -0.25) is 4.79 Å². The SMILES string of the molecule is CCCCCCCCCC(C#N)C(=O)S. The molecule has 0 aromatic heterocycles. The number of hydrogen-bond acceptors (Lipinski definition) is 2. The molecule has 0 aliphatic rings. The molecule has 0 spiro atoms. The molecule has 86 valence electrons. The fourth-order valence-corrected chi connectivity index (χ4v) is 1.74. The zero-order valence-corrected chi connectivity index (χ0v) is 10.4. The Morgan fingerprint density at radius 3 is 2.20 bits per heavy atom. The summed E-state index contributed by atoms with van der Waals surface area (Å²) in [6.45, 7) is 2.20. The quantitative estimate of drug-likeness (QED) is 0.481. The molecule has 1 atom stereocenters. The molecule has 0 saturated heterocycles. The predicted molar refractivity (Wildman–Crippen MR) is 65.7 cm³/mol. The highest BCUT2D eigenvalue weighted by atomic mass is 32.1. The van der Waals surface area contributed by atoms with Crippen molar-refractivity contribution < 1.29 is 4.79 Å². The van der Waals surface area contributed by atoms with Crippen molar-refractivity contribution in [1.82, 2.24) is 0 Å². The summed E-state index contributed by atoms with van der Waals surface area (Å²) in [7, 11) is 0. The van der Waals surface area contributed by atoms with Gasteiger partial charge in [0, 0.05) is 0 Å². The average molecular weight is 227 g/mol. The molecular weight excluding hydrogens is 206 g/mol. The Bertz CT molecular complexity index is 210. The number of carbonyl (C=O) groups excluding carboxylic acids is 1. The maximum atomic E-state index is 10.8. The van der Waals surface area contributed by atoms with Crippen molar-refractivity contribution in [3.8, 4) is 6.07 Å². The summed E-state index contributed by atoms with van der Waals surface area (Å²) in [6.07, 6.45) is 9.16. The first kappa shape index (κ1) is 14.5. The molecule has 0 saturated carbocycles. The van der Waals surface area contributed by atoms with E-state index in [0.717, 1.165) is 12.8 Å². The van der Waals surface area contributed by atoms with E-state index in [9.17, 15) is 4.79 Å². The third kappa shape index (κ3) is 8.50. The molecule has 0 bridgehead atoms. The second-order valence-corrected chi connectivity index (χ2v) is 4.37. The molecule has 0 aliphatic heterocycles. The van der Waals surface area contributed by atoms with Gasteiger partial charge in [0.1, 0.15) is 5.92 Å². The van der Waals surface area contributed by atoms with Crippen LogP contribution in [0.1, 0.15) is 58.3 Å². The van der Waals surface area contributed by atoms with Gasteiger partial charge in [-0.2, -0.15) is 5.26 Å². The second-order valence-electron chi connectivity index (χ2n) is 3.93. The first-order valence-corrected chi connectivity index (χ1v) is 6.29. The third-order valence-electron chi connectivity index (χ3n) is 2.55. The first-order chi connectivity index (χ1) is 7.22. The Hall–Kier alpha value is -0.490. The largest absolute Gasteiger partial charge is 0.286 e. The average Bonchev–Trinajstić information content (AvgIpc) is 2.21. The highest BCUT2D eigenvalue weighted by molar-refractivity contribution is 7.96. The van der Waals surface area contributed by atoms with E-state index < -0.39 is 5.92 Å². The molecule has 2 nitrogen and oxygen atoms in total. The topological polar surface area (TPSA) is 40.9 Å². The minimum Gasteiger partial charge on any atom is -0.286 e. The lowest BCUT2D eigenvalue weighted by Gasteiger charge is -2.03. The third-order valence-corrected chi connectivity index (χ3v) is 2.86. The molecule has 3 heteroatoms. The Labute approximate surface area is 98.5 Å². The minimum absolute atomic E-state index is 0.288. The first-order valence-electron chi connectivity index (χ1n) is 5.84. The van der Waals surface area contributed by atoms with Gasteiger partial charge in [0.05, 0.1) is 6.07 Å². The maximum Gasteiger partial charge on any atom is 0.203 e. The van der Waals surface area contributed by atoms with Crippen LogP contribution in [-0.4, -0.2) is 5.12 Å². The minimum atomic E-state index is -0.496. The number of unbranched alkanes of at least 4 members (excludes halogenated alkanes) is 6. The van der Waals surface area contributed by atoms with E-state index in [1.54, 1.807) is 0 Å². The van der Waals surface area contributed by atoms with Crippen LogP contribution in [0.3, 0.4) is 0 Å². The number of nitriles is 1. The van der Waals surface area contributed by atoms with Crippen molar-refractivity contribution in [3.05, 3.63) is 0 Å². The van der Waals surface area contributed by atoms with Gasteiger partial charge in [-0.25, -0.2) is 0 Å². The van der Waals surface area contributed by atoms with Gasteiger partial charge in [0.2, 0.25) is 5.12 Å². The highest BCUT2D eigenvalue weighted by Gasteiger charge is 2.12. The van der Waals surface area contributed by atoms with Crippen molar-refractivity contribution in [2.75, 3.05) is 0 Å². The van der Waals surface area contributed by atoms with Gasteiger partial charge >= 0.3 is 0 Å². The van der Waals surface area contributed by atoms with E-state index in [-0.39, 0.29) is 5.12 Å². The lowest BCUT2D eigenvalue weighted by molar-refractivity contribution is -0.112. The predicted octanol–water partition coefficient (Wildman–Crippen LogP) is 3.72. The molecule has 0 aromatic rings. The Morgan fingerprint density at radius 2 is 1.73 bits per heavy atom. The lowest BCUT2D eigenvalue weighted by atomic mass is 10.0. The molecule has 0 heterocycles. The summed E-state index contributed by atoms with van der Waals surface area (Å²) in [4.78, 5) is 10.8. The number of carbonyl (C=O) groups is 1. The molecule has 1 unspecified atom stereocenters.